The molecule has 0 spiro atoms. The fourth-order valence-corrected chi connectivity index (χ4v) is 2.80. The summed E-state index contributed by atoms with van der Waals surface area (Å²) in [6, 6.07) is 5.99. The summed E-state index contributed by atoms with van der Waals surface area (Å²) in [5.41, 5.74) is 3.23. The summed E-state index contributed by atoms with van der Waals surface area (Å²) in [6.07, 6.45) is 5.49. The van der Waals surface area contributed by atoms with Gasteiger partial charge in [-0.3, -0.25) is 4.79 Å². The van der Waals surface area contributed by atoms with Crippen LogP contribution in [0.2, 0.25) is 0 Å². The minimum atomic E-state index is 0.0437. The summed E-state index contributed by atoms with van der Waals surface area (Å²) in [5, 5.41) is 3.34. The number of rotatable bonds is 4. The number of carbonyl (C=O) groups excluding carboxylic acids is 1. The van der Waals surface area contributed by atoms with Crippen molar-refractivity contribution in [3.8, 4) is 0 Å². The predicted molar refractivity (Wildman–Crippen MR) is 77.8 cm³/mol. The first-order chi connectivity index (χ1) is 9.81. The molecule has 20 heavy (non-hydrogen) atoms. The molecule has 1 aliphatic rings. The van der Waals surface area contributed by atoms with Crippen molar-refractivity contribution < 1.29 is 4.79 Å². The highest BCUT2D eigenvalue weighted by atomic mass is 16.1. The normalized spacial score (nSPS) is 14.1. The van der Waals surface area contributed by atoms with E-state index in [-0.39, 0.29) is 5.78 Å². The molecular weight excluding hydrogens is 250 g/mol. The summed E-state index contributed by atoms with van der Waals surface area (Å²) in [4.78, 5) is 17.0. The Morgan fingerprint density at radius 1 is 1.45 bits per heavy atom. The Balaban J connectivity index is 2.00. The van der Waals surface area contributed by atoms with E-state index in [1.807, 2.05) is 22.9 Å². The molecule has 0 atom stereocenters. The fraction of sp³-hybridized carbons (Fsp3) is 0.375. The number of aromatic nitrogens is 2. The third-order valence-corrected chi connectivity index (χ3v) is 3.77. The Bertz CT molecular complexity index is 630. The molecule has 0 saturated heterocycles. The molecule has 0 bridgehead atoms. The first-order valence-corrected chi connectivity index (χ1v) is 7.18. The minimum Gasteiger partial charge on any atom is -0.328 e. The molecular formula is C16H19N3O. The monoisotopic (exact) mass is 269 g/mol. The average molecular weight is 269 g/mol. The zero-order chi connectivity index (χ0) is 13.9. The van der Waals surface area contributed by atoms with Gasteiger partial charge >= 0.3 is 0 Å². The van der Waals surface area contributed by atoms with E-state index in [9.17, 15) is 4.79 Å². The lowest BCUT2D eigenvalue weighted by molar-refractivity contribution is 0.102. The molecule has 0 unspecified atom stereocenters. The highest BCUT2D eigenvalue weighted by Crippen LogP contribution is 2.21. The lowest BCUT2D eigenvalue weighted by atomic mass is 9.93. The van der Waals surface area contributed by atoms with E-state index in [0.29, 0.717) is 5.82 Å². The number of nitrogens with one attached hydrogen (secondary N) is 1. The number of nitrogens with zero attached hydrogens (tertiary/aromatic N) is 2. The van der Waals surface area contributed by atoms with Crippen molar-refractivity contribution in [3.63, 3.8) is 0 Å². The molecule has 104 valence electrons. The van der Waals surface area contributed by atoms with Gasteiger partial charge in [-0.2, -0.15) is 0 Å². The van der Waals surface area contributed by atoms with E-state index < -0.39 is 0 Å². The van der Waals surface area contributed by atoms with Gasteiger partial charge in [0.15, 0.2) is 5.82 Å². The Morgan fingerprint density at radius 2 is 2.35 bits per heavy atom. The van der Waals surface area contributed by atoms with E-state index in [1.165, 1.54) is 11.1 Å². The molecule has 0 amide bonds. The number of hydrogen-bond donors (Lipinski definition) is 1. The van der Waals surface area contributed by atoms with Crippen molar-refractivity contribution in [1.29, 1.82) is 0 Å². The molecule has 1 aromatic carbocycles. The number of ketones is 1. The third-order valence-electron chi connectivity index (χ3n) is 3.77. The van der Waals surface area contributed by atoms with Crippen LogP contribution >= 0.6 is 0 Å². The quantitative estimate of drug-likeness (QED) is 0.865. The topological polar surface area (TPSA) is 46.9 Å². The molecule has 2 aromatic rings. The number of benzene rings is 1. The van der Waals surface area contributed by atoms with Crippen molar-refractivity contribution in [1.82, 2.24) is 14.9 Å². The summed E-state index contributed by atoms with van der Waals surface area (Å²) in [5.74, 6) is 0.598. The van der Waals surface area contributed by atoms with E-state index in [1.54, 1.807) is 6.20 Å². The van der Waals surface area contributed by atoms with Gasteiger partial charge in [-0.25, -0.2) is 4.98 Å². The van der Waals surface area contributed by atoms with Crippen molar-refractivity contribution in [2.75, 3.05) is 6.54 Å². The number of hydrogen-bond acceptors (Lipinski definition) is 3. The molecule has 4 heteroatoms. The Hall–Kier alpha value is -1.94. The summed E-state index contributed by atoms with van der Waals surface area (Å²) in [7, 11) is 0. The first kappa shape index (κ1) is 13.1. The van der Waals surface area contributed by atoms with Crippen LogP contribution < -0.4 is 5.32 Å². The fourth-order valence-electron chi connectivity index (χ4n) is 2.80. The molecule has 2 heterocycles. The molecule has 0 fully saturated rings. The number of carbonyl (C=O) groups is 1. The molecule has 1 aliphatic heterocycles. The van der Waals surface area contributed by atoms with Gasteiger partial charge in [0.25, 0.3) is 0 Å². The van der Waals surface area contributed by atoms with Gasteiger partial charge in [0.1, 0.15) is 0 Å². The first-order valence-electron chi connectivity index (χ1n) is 7.18. The third kappa shape index (κ3) is 2.27. The van der Waals surface area contributed by atoms with Gasteiger partial charge in [-0.15, -0.1) is 0 Å². The van der Waals surface area contributed by atoms with E-state index >= 15 is 0 Å². The average Bonchev–Trinajstić information content (AvgIpc) is 2.94. The number of aryl methyl sites for hydroxylation is 1. The molecule has 4 nitrogen and oxygen atoms in total. The Labute approximate surface area is 118 Å². The lowest BCUT2D eigenvalue weighted by Crippen LogP contribution is -2.26. The number of fused-ring (bicyclic) bond motifs is 1. The molecule has 1 aromatic heterocycles. The van der Waals surface area contributed by atoms with Gasteiger partial charge in [0.2, 0.25) is 5.78 Å². The molecule has 3 rings (SSSR count). The molecule has 1 N–H and O–H groups in total. The maximum Gasteiger partial charge on any atom is 0.228 e. The lowest BCUT2D eigenvalue weighted by Gasteiger charge is -2.19. The van der Waals surface area contributed by atoms with Gasteiger partial charge < -0.3 is 9.88 Å². The standard InChI is InChI=1S/C16H19N3O/c1-2-9-19-10-8-18-16(19)15(20)14-5-3-4-12-11-17-7-6-13(12)14/h3-5,8,10,17H,2,6-7,9,11H2,1H3. The van der Waals surface area contributed by atoms with E-state index in [2.05, 4.69) is 23.3 Å². The van der Waals surface area contributed by atoms with Crippen molar-refractivity contribution in [3.05, 3.63) is 53.1 Å². The van der Waals surface area contributed by atoms with Crippen LogP contribution in [0, 0.1) is 0 Å². The number of imidazole rings is 1. The second-order valence-corrected chi connectivity index (χ2v) is 5.14. The van der Waals surface area contributed by atoms with Crippen molar-refractivity contribution in [2.45, 2.75) is 32.9 Å². The van der Waals surface area contributed by atoms with Gasteiger partial charge in [-0.05, 0) is 30.5 Å². The smallest absolute Gasteiger partial charge is 0.228 e. The van der Waals surface area contributed by atoms with Gasteiger partial charge in [-0.1, -0.05) is 25.1 Å². The van der Waals surface area contributed by atoms with Crippen molar-refractivity contribution >= 4 is 5.78 Å². The predicted octanol–water partition coefficient (Wildman–Crippen LogP) is 2.17. The molecule has 0 saturated carbocycles. The largest absolute Gasteiger partial charge is 0.328 e. The van der Waals surface area contributed by atoms with Crippen LogP contribution in [0.4, 0.5) is 0 Å². The second-order valence-electron chi connectivity index (χ2n) is 5.14. The summed E-state index contributed by atoms with van der Waals surface area (Å²) >= 11 is 0. The molecule has 0 radical (unpaired) electrons. The SMILES string of the molecule is CCCn1ccnc1C(=O)c1cccc2c1CCNC2. The minimum absolute atomic E-state index is 0.0437. The van der Waals surface area contributed by atoms with Crippen LogP contribution in [0.15, 0.2) is 30.6 Å². The van der Waals surface area contributed by atoms with Gasteiger partial charge in [0.05, 0.1) is 0 Å². The molecule has 0 aliphatic carbocycles. The van der Waals surface area contributed by atoms with E-state index in [4.69, 9.17) is 0 Å². The highest BCUT2D eigenvalue weighted by molar-refractivity contribution is 6.08. The van der Waals surface area contributed by atoms with E-state index in [0.717, 1.165) is 38.0 Å². The second kappa shape index (κ2) is 5.59. The maximum atomic E-state index is 12.8. The summed E-state index contributed by atoms with van der Waals surface area (Å²) < 4.78 is 1.95. The van der Waals surface area contributed by atoms with Gasteiger partial charge in [0, 0.05) is 31.0 Å². The Kier molecular flexibility index (Phi) is 3.65. The zero-order valence-electron chi connectivity index (χ0n) is 11.7. The van der Waals surface area contributed by atoms with Crippen LogP contribution in [-0.2, 0) is 19.5 Å². The summed E-state index contributed by atoms with van der Waals surface area (Å²) in [6.45, 7) is 4.71. The van der Waals surface area contributed by atoms with Crippen LogP contribution in [0.3, 0.4) is 0 Å². The van der Waals surface area contributed by atoms with Crippen LogP contribution in [0.1, 0.15) is 40.7 Å². The van der Waals surface area contributed by atoms with Crippen LogP contribution in [0.5, 0.6) is 0 Å². The maximum absolute atomic E-state index is 12.8. The Morgan fingerprint density at radius 3 is 3.20 bits per heavy atom. The highest BCUT2D eigenvalue weighted by Gasteiger charge is 2.21. The van der Waals surface area contributed by atoms with Crippen LogP contribution in [0.25, 0.3) is 0 Å². The van der Waals surface area contributed by atoms with Crippen molar-refractivity contribution in [2.24, 2.45) is 0 Å². The van der Waals surface area contributed by atoms with Crippen LogP contribution in [-0.4, -0.2) is 21.9 Å². The zero-order valence-corrected chi connectivity index (χ0v) is 11.7.